The first-order chi connectivity index (χ1) is 7.15. The summed E-state index contributed by atoms with van der Waals surface area (Å²) in [7, 11) is 0. The standard InChI is InChI=1S/C10H13N3OS/c1-7(2)11-9(14)5-8-6-13-3-4-15-10(13)12-8/h3-4,6-7H,5H2,1-2H3,(H,11,14). The number of hydrogen-bond donors (Lipinski definition) is 1. The van der Waals surface area contributed by atoms with Crippen LogP contribution in [0.1, 0.15) is 19.5 Å². The zero-order valence-corrected chi connectivity index (χ0v) is 9.54. The van der Waals surface area contributed by atoms with Crippen LogP contribution in [0.5, 0.6) is 0 Å². The van der Waals surface area contributed by atoms with Crippen LogP contribution in [0.3, 0.4) is 0 Å². The number of carbonyl (C=O) groups is 1. The molecule has 0 fully saturated rings. The molecule has 15 heavy (non-hydrogen) atoms. The summed E-state index contributed by atoms with van der Waals surface area (Å²) in [6.07, 6.45) is 4.19. The zero-order chi connectivity index (χ0) is 10.8. The summed E-state index contributed by atoms with van der Waals surface area (Å²) < 4.78 is 1.93. The van der Waals surface area contributed by atoms with E-state index in [0.29, 0.717) is 6.42 Å². The molecule has 0 aliphatic carbocycles. The van der Waals surface area contributed by atoms with Crippen LogP contribution in [-0.2, 0) is 11.2 Å². The van der Waals surface area contributed by atoms with Gasteiger partial charge in [0, 0.05) is 23.8 Å². The first kappa shape index (κ1) is 10.2. The molecule has 0 spiro atoms. The van der Waals surface area contributed by atoms with E-state index in [9.17, 15) is 4.79 Å². The number of nitrogens with one attached hydrogen (secondary N) is 1. The Bertz CT molecular complexity index is 443. The van der Waals surface area contributed by atoms with Gasteiger partial charge < -0.3 is 5.32 Å². The van der Waals surface area contributed by atoms with Gasteiger partial charge in [-0.1, -0.05) is 0 Å². The van der Waals surface area contributed by atoms with Gasteiger partial charge in [-0.3, -0.25) is 9.20 Å². The van der Waals surface area contributed by atoms with E-state index < -0.39 is 0 Å². The summed E-state index contributed by atoms with van der Waals surface area (Å²) in [5.74, 6) is 0.0238. The van der Waals surface area contributed by atoms with Crippen LogP contribution < -0.4 is 5.32 Å². The molecule has 0 saturated heterocycles. The number of nitrogens with zero attached hydrogens (tertiary/aromatic N) is 2. The molecule has 80 valence electrons. The predicted molar refractivity (Wildman–Crippen MR) is 60.1 cm³/mol. The number of imidazole rings is 1. The first-order valence-corrected chi connectivity index (χ1v) is 5.73. The van der Waals surface area contributed by atoms with Crippen LogP contribution in [-0.4, -0.2) is 21.3 Å². The van der Waals surface area contributed by atoms with Crippen molar-refractivity contribution in [2.24, 2.45) is 0 Å². The molecule has 1 N–H and O–H groups in total. The SMILES string of the molecule is CC(C)NC(=O)Cc1cn2ccsc2n1. The van der Waals surface area contributed by atoms with Crippen molar-refractivity contribution in [2.45, 2.75) is 26.3 Å². The zero-order valence-electron chi connectivity index (χ0n) is 8.73. The molecule has 0 bridgehead atoms. The summed E-state index contributed by atoms with van der Waals surface area (Å²) in [6.45, 7) is 3.90. The molecule has 0 radical (unpaired) electrons. The molecule has 4 nitrogen and oxygen atoms in total. The van der Waals surface area contributed by atoms with E-state index in [1.54, 1.807) is 11.3 Å². The number of rotatable bonds is 3. The summed E-state index contributed by atoms with van der Waals surface area (Å²) in [5.41, 5.74) is 0.819. The molecule has 2 aromatic heterocycles. The quantitative estimate of drug-likeness (QED) is 0.856. The second-order valence-electron chi connectivity index (χ2n) is 3.72. The molecule has 5 heteroatoms. The van der Waals surface area contributed by atoms with Gasteiger partial charge in [-0.15, -0.1) is 11.3 Å². The fourth-order valence-corrected chi connectivity index (χ4v) is 2.12. The fraction of sp³-hybridized carbons (Fsp3) is 0.400. The molecule has 0 atom stereocenters. The van der Waals surface area contributed by atoms with E-state index >= 15 is 0 Å². The number of thiazole rings is 1. The molecule has 2 heterocycles. The Kier molecular flexibility index (Phi) is 2.73. The van der Waals surface area contributed by atoms with E-state index in [2.05, 4.69) is 10.3 Å². The lowest BCUT2D eigenvalue weighted by Crippen LogP contribution is -2.31. The Balaban J connectivity index is 2.06. The van der Waals surface area contributed by atoms with Gasteiger partial charge in [0.05, 0.1) is 12.1 Å². The second kappa shape index (κ2) is 4.02. The molecule has 0 aliphatic rings. The molecule has 2 aromatic rings. The Labute approximate surface area is 91.9 Å². The molecule has 0 aliphatic heterocycles. The maximum Gasteiger partial charge on any atom is 0.226 e. The van der Waals surface area contributed by atoms with E-state index in [0.717, 1.165) is 10.7 Å². The van der Waals surface area contributed by atoms with E-state index in [1.165, 1.54) is 0 Å². The molecule has 0 unspecified atom stereocenters. The van der Waals surface area contributed by atoms with Crippen LogP contribution in [0, 0.1) is 0 Å². The lowest BCUT2D eigenvalue weighted by Gasteiger charge is -2.06. The van der Waals surface area contributed by atoms with Gasteiger partial charge in [0.1, 0.15) is 0 Å². The van der Waals surface area contributed by atoms with Crippen molar-refractivity contribution in [3.8, 4) is 0 Å². The van der Waals surface area contributed by atoms with Crippen LogP contribution in [0.25, 0.3) is 4.96 Å². The minimum atomic E-state index is 0.0238. The predicted octanol–water partition coefficient (Wildman–Crippen LogP) is 1.46. The average molecular weight is 223 g/mol. The molecule has 0 saturated carbocycles. The van der Waals surface area contributed by atoms with Crippen molar-refractivity contribution in [3.63, 3.8) is 0 Å². The normalized spacial score (nSPS) is 11.1. The largest absolute Gasteiger partial charge is 0.354 e. The van der Waals surface area contributed by atoms with Gasteiger partial charge in [-0.25, -0.2) is 4.98 Å². The van der Waals surface area contributed by atoms with Gasteiger partial charge in [0.2, 0.25) is 5.91 Å². The number of fused-ring (bicyclic) bond motifs is 1. The minimum Gasteiger partial charge on any atom is -0.354 e. The van der Waals surface area contributed by atoms with Crippen LogP contribution in [0.4, 0.5) is 0 Å². The number of aromatic nitrogens is 2. The van der Waals surface area contributed by atoms with Gasteiger partial charge in [0.15, 0.2) is 4.96 Å². The third-order valence-corrected chi connectivity index (χ3v) is 2.71. The maximum atomic E-state index is 11.5. The number of carbonyl (C=O) groups excluding carboxylic acids is 1. The van der Waals surface area contributed by atoms with Crippen LogP contribution in [0.2, 0.25) is 0 Å². The summed E-state index contributed by atoms with van der Waals surface area (Å²) in [4.78, 5) is 16.7. The average Bonchev–Trinajstić information content (AvgIpc) is 2.60. The van der Waals surface area contributed by atoms with Crippen molar-refractivity contribution in [1.82, 2.24) is 14.7 Å². The van der Waals surface area contributed by atoms with Gasteiger partial charge >= 0.3 is 0 Å². The minimum absolute atomic E-state index is 0.0238. The van der Waals surface area contributed by atoms with Gasteiger partial charge in [-0.2, -0.15) is 0 Å². The molecule has 1 amide bonds. The highest BCUT2D eigenvalue weighted by atomic mass is 32.1. The number of hydrogen-bond acceptors (Lipinski definition) is 3. The monoisotopic (exact) mass is 223 g/mol. The van der Waals surface area contributed by atoms with Gasteiger partial charge in [-0.05, 0) is 13.8 Å². The van der Waals surface area contributed by atoms with Crippen LogP contribution in [0.15, 0.2) is 17.8 Å². The Morgan fingerprint density at radius 2 is 2.47 bits per heavy atom. The molecule has 2 rings (SSSR count). The number of amides is 1. The highest BCUT2D eigenvalue weighted by molar-refractivity contribution is 7.15. The Hall–Kier alpha value is -1.36. The third kappa shape index (κ3) is 2.36. The molecular formula is C10H13N3OS. The Morgan fingerprint density at radius 1 is 1.67 bits per heavy atom. The Morgan fingerprint density at radius 3 is 3.13 bits per heavy atom. The summed E-state index contributed by atoms with van der Waals surface area (Å²) >= 11 is 1.57. The summed E-state index contributed by atoms with van der Waals surface area (Å²) in [6, 6.07) is 0.182. The van der Waals surface area contributed by atoms with Crippen molar-refractivity contribution in [3.05, 3.63) is 23.5 Å². The molecule has 0 aromatic carbocycles. The van der Waals surface area contributed by atoms with Crippen molar-refractivity contribution in [2.75, 3.05) is 0 Å². The molecular weight excluding hydrogens is 210 g/mol. The highest BCUT2D eigenvalue weighted by Gasteiger charge is 2.08. The third-order valence-electron chi connectivity index (χ3n) is 1.93. The first-order valence-electron chi connectivity index (χ1n) is 4.85. The summed E-state index contributed by atoms with van der Waals surface area (Å²) in [5, 5.41) is 4.82. The van der Waals surface area contributed by atoms with Crippen LogP contribution >= 0.6 is 11.3 Å². The smallest absolute Gasteiger partial charge is 0.226 e. The van der Waals surface area contributed by atoms with Crippen molar-refractivity contribution >= 4 is 22.2 Å². The lowest BCUT2D eigenvalue weighted by atomic mass is 10.3. The second-order valence-corrected chi connectivity index (χ2v) is 4.60. The van der Waals surface area contributed by atoms with Crippen molar-refractivity contribution in [1.29, 1.82) is 0 Å². The fourth-order valence-electron chi connectivity index (χ4n) is 1.40. The van der Waals surface area contributed by atoms with E-state index in [-0.39, 0.29) is 11.9 Å². The van der Waals surface area contributed by atoms with Gasteiger partial charge in [0.25, 0.3) is 0 Å². The van der Waals surface area contributed by atoms with Crippen molar-refractivity contribution < 1.29 is 4.79 Å². The van der Waals surface area contributed by atoms with E-state index in [4.69, 9.17) is 0 Å². The topological polar surface area (TPSA) is 46.4 Å². The highest BCUT2D eigenvalue weighted by Crippen LogP contribution is 2.11. The van der Waals surface area contributed by atoms with E-state index in [1.807, 2.05) is 36.0 Å². The maximum absolute atomic E-state index is 11.5. The lowest BCUT2D eigenvalue weighted by molar-refractivity contribution is -0.120.